The molecule has 1 fully saturated rings. The van der Waals surface area contributed by atoms with E-state index in [1.165, 1.54) is 39.3 Å². The molecule has 0 aliphatic carbocycles. The smallest absolute Gasteiger partial charge is 0.271 e. The molecule has 1 aliphatic heterocycles. The zero-order valence-electron chi connectivity index (χ0n) is 16.5. The van der Waals surface area contributed by atoms with E-state index >= 15 is 0 Å². The topological polar surface area (TPSA) is 104 Å². The van der Waals surface area contributed by atoms with E-state index in [4.69, 9.17) is 0 Å². The van der Waals surface area contributed by atoms with Crippen LogP contribution in [0.15, 0.2) is 46.1 Å². The molecule has 0 amide bonds. The molecule has 0 saturated carbocycles. The lowest BCUT2D eigenvalue weighted by Crippen LogP contribution is -2.49. The van der Waals surface area contributed by atoms with Crippen molar-refractivity contribution in [2.24, 2.45) is 0 Å². The van der Waals surface area contributed by atoms with Crippen molar-refractivity contribution in [2.45, 2.75) is 18.7 Å². The van der Waals surface area contributed by atoms with Gasteiger partial charge in [0.15, 0.2) is 0 Å². The molecule has 11 heteroatoms. The second kappa shape index (κ2) is 7.65. The number of H-pyrrole nitrogens is 1. The number of halogens is 1. The molecular formula is C19H21FN6O3S. The maximum Gasteiger partial charge on any atom is 0.271 e. The molecule has 1 aliphatic rings. The standard InChI is InChI=1S/C19H21FN6O3S/c1-13-19(14(2)22-21-13)30(28,29)25-11-9-24(10-12-25)17-7-8-18(27)26(23-17)16-5-3-15(20)4-6-16/h3-8H,9-12H2,1-2H3,(H,21,22). The minimum atomic E-state index is -3.65. The molecular weight excluding hydrogens is 411 g/mol. The maximum absolute atomic E-state index is 13.2. The summed E-state index contributed by atoms with van der Waals surface area (Å²) < 4.78 is 41.8. The van der Waals surface area contributed by atoms with Crippen LogP contribution in [-0.4, -0.2) is 58.9 Å². The third kappa shape index (κ3) is 3.61. The number of sulfonamides is 1. The van der Waals surface area contributed by atoms with Crippen LogP contribution in [0.2, 0.25) is 0 Å². The second-order valence-corrected chi connectivity index (χ2v) is 8.95. The van der Waals surface area contributed by atoms with Crippen molar-refractivity contribution >= 4 is 15.8 Å². The molecule has 9 nitrogen and oxygen atoms in total. The summed E-state index contributed by atoms with van der Waals surface area (Å²) in [5.74, 6) is 0.148. The van der Waals surface area contributed by atoms with Crippen molar-refractivity contribution in [3.63, 3.8) is 0 Å². The Kier molecular flexibility index (Phi) is 5.16. The first-order valence-electron chi connectivity index (χ1n) is 9.40. The normalized spacial score (nSPS) is 15.5. The highest BCUT2D eigenvalue weighted by molar-refractivity contribution is 7.89. The Balaban J connectivity index is 1.54. The summed E-state index contributed by atoms with van der Waals surface area (Å²) in [5, 5.41) is 11.1. The molecule has 4 rings (SSSR count). The van der Waals surface area contributed by atoms with Gasteiger partial charge in [0.05, 0.1) is 17.1 Å². The zero-order valence-corrected chi connectivity index (χ0v) is 17.4. The quantitative estimate of drug-likeness (QED) is 0.665. The average molecular weight is 432 g/mol. The van der Waals surface area contributed by atoms with E-state index in [0.717, 1.165) is 0 Å². The Morgan fingerprint density at radius 3 is 2.27 bits per heavy atom. The van der Waals surface area contributed by atoms with E-state index in [0.29, 0.717) is 36.0 Å². The number of benzene rings is 1. The first-order valence-corrected chi connectivity index (χ1v) is 10.8. The van der Waals surface area contributed by atoms with Gasteiger partial charge in [0.1, 0.15) is 16.5 Å². The Morgan fingerprint density at radius 2 is 1.67 bits per heavy atom. The summed E-state index contributed by atoms with van der Waals surface area (Å²) in [6, 6.07) is 8.49. The van der Waals surface area contributed by atoms with E-state index in [1.807, 2.05) is 4.90 Å². The highest BCUT2D eigenvalue weighted by Crippen LogP contribution is 2.23. The third-order valence-electron chi connectivity index (χ3n) is 5.08. The van der Waals surface area contributed by atoms with Gasteiger partial charge in [-0.2, -0.15) is 14.1 Å². The van der Waals surface area contributed by atoms with Crippen LogP contribution in [0, 0.1) is 19.7 Å². The highest BCUT2D eigenvalue weighted by atomic mass is 32.2. The van der Waals surface area contributed by atoms with Crippen LogP contribution in [0.3, 0.4) is 0 Å². The number of aryl methyl sites for hydroxylation is 2. The number of aromatic nitrogens is 4. The molecule has 0 spiro atoms. The van der Waals surface area contributed by atoms with Gasteiger partial charge < -0.3 is 4.90 Å². The maximum atomic E-state index is 13.2. The fourth-order valence-corrected chi connectivity index (χ4v) is 5.30. The fraction of sp³-hybridized carbons (Fsp3) is 0.316. The van der Waals surface area contributed by atoms with Gasteiger partial charge in [-0.25, -0.2) is 12.8 Å². The lowest BCUT2D eigenvalue weighted by atomic mass is 10.3. The zero-order chi connectivity index (χ0) is 21.5. The largest absolute Gasteiger partial charge is 0.353 e. The summed E-state index contributed by atoms with van der Waals surface area (Å²) in [4.78, 5) is 14.3. The molecule has 30 heavy (non-hydrogen) atoms. The predicted octanol–water partition coefficient (Wildman–Crippen LogP) is 1.22. The molecule has 1 saturated heterocycles. The number of nitrogens with one attached hydrogen (secondary N) is 1. The van der Waals surface area contributed by atoms with Crippen molar-refractivity contribution in [1.29, 1.82) is 0 Å². The second-order valence-electron chi connectivity index (χ2n) is 7.07. The van der Waals surface area contributed by atoms with Crippen LogP contribution >= 0.6 is 0 Å². The monoisotopic (exact) mass is 432 g/mol. The first kappa shape index (κ1) is 20.2. The van der Waals surface area contributed by atoms with Gasteiger partial charge in [0.2, 0.25) is 10.0 Å². The molecule has 158 valence electrons. The summed E-state index contributed by atoms with van der Waals surface area (Å²) in [6.45, 7) is 4.75. The van der Waals surface area contributed by atoms with Crippen LogP contribution < -0.4 is 10.5 Å². The van der Waals surface area contributed by atoms with Gasteiger partial charge in [-0.05, 0) is 44.2 Å². The van der Waals surface area contributed by atoms with Crippen molar-refractivity contribution in [1.82, 2.24) is 24.3 Å². The van der Waals surface area contributed by atoms with Gasteiger partial charge in [0.25, 0.3) is 5.56 Å². The van der Waals surface area contributed by atoms with Gasteiger partial charge >= 0.3 is 0 Å². The average Bonchev–Trinajstić information content (AvgIpc) is 3.08. The molecule has 2 aromatic heterocycles. The third-order valence-corrected chi connectivity index (χ3v) is 7.24. The van der Waals surface area contributed by atoms with Crippen LogP contribution in [0.4, 0.5) is 10.2 Å². The highest BCUT2D eigenvalue weighted by Gasteiger charge is 2.32. The molecule has 3 aromatic rings. The van der Waals surface area contributed by atoms with E-state index in [1.54, 1.807) is 19.9 Å². The summed E-state index contributed by atoms with van der Waals surface area (Å²) in [7, 11) is -3.65. The molecule has 0 radical (unpaired) electrons. The lowest BCUT2D eigenvalue weighted by Gasteiger charge is -2.34. The minimum Gasteiger partial charge on any atom is -0.353 e. The van der Waals surface area contributed by atoms with Gasteiger partial charge in [-0.3, -0.25) is 9.89 Å². The molecule has 1 aromatic carbocycles. The van der Waals surface area contributed by atoms with Crippen LogP contribution in [-0.2, 0) is 10.0 Å². The molecule has 0 atom stereocenters. The van der Waals surface area contributed by atoms with Crippen molar-refractivity contribution < 1.29 is 12.8 Å². The van der Waals surface area contributed by atoms with Crippen LogP contribution in [0.5, 0.6) is 0 Å². The van der Waals surface area contributed by atoms with E-state index < -0.39 is 15.8 Å². The minimum absolute atomic E-state index is 0.221. The SMILES string of the molecule is Cc1n[nH]c(C)c1S(=O)(=O)N1CCN(c2ccc(=O)n(-c3ccc(F)cc3)n2)CC1. The lowest BCUT2D eigenvalue weighted by molar-refractivity contribution is 0.382. The molecule has 3 heterocycles. The summed E-state index contributed by atoms with van der Waals surface area (Å²) in [6.07, 6.45) is 0. The number of anilines is 1. The van der Waals surface area contributed by atoms with E-state index in [9.17, 15) is 17.6 Å². The van der Waals surface area contributed by atoms with Crippen molar-refractivity contribution in [2.75, 3.05) is 31.1 Å². The predicted molar refractivity (Wildman–Crippen MR) is 109 cm³/mol. The number of rotatable bonds is 4. The molecule has 1 N–H and O–H groups in total. The van der Waals surface area contributed by atoms with Gasteiger partial charge in [-0.15, -0.1) is 5.10 Å². The van der Waals surface area contributed by atoms with Crippen molar-refractivity contribution in [3.8, 4) is 5.69 Å². The summed E-state index contributed by atoms with van der Waals surface area (Å²) in [5.41, 5.74) is 1.08. The number of hydrogen-bond acceptors (Lipinski definition) is 6. The Hall–Kier alpha value is -3.05. The van der Waals surface area contributed by atoms with Crippen molar-refractivity contribution in [3.05, 3.63) is 64.0 Å². The van der Waals surface area contributed by atoms with Crippen LogP contribution in [0.25, 0.3) is 5.69 Å². The molecule has 0 unspecified atom stereocenters. The first-order chi connectivity index (χ1) is 14.3. The summed E-state index contributed by atoms with van der Waals surface area (Å²) >= 11 is 0. The Labute approximate surface area is 172 Å². The fourth-order valence-electron chi connectivity index (χ4n) is 3.54. The van der Waals surface area contributed by atoms with E-state index in [-0.39, 0.29) is 23.5 Å². The number of aromatic amines is 1. The van der Waals surface area contributed by atoms with Crippen LogP contribution in [0.1, 0.15) is 11.4 Å². The Bertz CT molecular complexity index is 1210. The Morgan fingerprint density at radius 1 is 1.00 bits per heavy atom. The van der Waals surface area contributed by atoms with E-state index in [2.05, 4.69) is 15.3 Å². The number of piperazine rings is 1. The number of hydrogen-bond donors (Lipinski definition) is 1. The van der Waals surface area contributed by atoms with Gasteiger partial charge in [-0.1, -0.05) is 0 Å². The molecule has 0 bridgehead atoms. The number of nitrogens with zero attached hydrogens (tertiary/aromatic N) is 5. The van der Waals surface area contributed by atoms with Gasteiger partial charge in [0, 0.05) is 32.2 Å².